The van der Waals surface area contributed by atoms with E-state index in [0.717, 1.165) is 52.7 Å². The highest BCUT2D eigenvalue weighted by Gasteiger charge is 2.26. The van der Waals surface area contributed by atoms with Crippen LogP contribution in [0.1, 0.15) is 40.6 Å². The first-order chi connectivity index (χ1) is 16.0. The van der Waals surface area contributed by atoms with E-state index in [1.54, 1.807) is 7.11 Å². The monoisotopic (exact) mass is 448 g/mol. The summed E-state index contributed by atoms with van der Waals surface area (Å²) in [6, 6.07) is 16.1. The number of benzene rings is 2. The Morgan fingerprint density at radius 2 is 2.00 bits per heavy atom. The third-order valence-electron chi connectivity index (χ3n) is 6.18. The normalized spacial score (nSPS) is 15.9. The molecule has 1 unspecified atom stereocenters. The van der Waals surface area contributed by atoms with Crippen molar-refractivity contribution in [3.8, 4) is 11.5 Å². The molecule has 1 aliphatic heterocycles. The second kappa shape index (κ2) is 10.5. The summed E-state index contributed by atoms with van der Waals surface area (Å²) < 4.78 is 12.0. The van der Waals surface area contributed by atoms with E-state index in [2.05, 4.69) is 32.5 Å². The highest BCUT2D eigenvalue weighted by atomic mass is 16.5. The van der Waals surface area contributed by atoms with Crippen molar-refractivity contribution in [1.82, 2.24) is 20.4 Å². The molecular formula is C26H32N4O3. The van der Waals surface area contributed by atoms with Crippen LogP contribution in [0.4, 0.5) is 0 Å². The van der Waals surface area contributed by atoms with Gasteiger partial charge in [0, 0.05) is 49.4 Å². The molecule has 1 atom stereocenters. The van der Waals surface area contributed by atoms with Crippen molar-refractivity contribution in [2.75, 3.05) is 26.7 Å². The Morgan fingerprint density at radius 1 is 1.21 bits per heavy atom. The predicted molar refractivity (Wildman–Crippen MR) is 127 cm³/mol. The third kappa shape index (κ3) is 5.54. The van der Waals surface area contributed by atoms with E-state index in [1.165, 1.54) is 0 Å². The molecule has 33 heavy (non-hydrogen) atoms. The lowest BCUT2D eigenvalue weighted by Crippen LogP contribution is -2.36. The van der Waals surface area contributed by atoms with E-state index in [9.17, 15) is 4.79 Å². The lowest BCUT2D eigenvalue weighted by atomic mass is 10.1. The summed E-state index contributed by atoms with van der Waals surface area (Å²) in [7, 11) is 1.68. The molecule has 4 rings (SSSR count). The molecule has 1 aromatic heterocycles. The summed E-state index contributed by atoms with van der Waals surface area (Å²) in [6.45, 7) is 6.75. The van der Waals surface area contributed by atoms with Crippen LogP contribution in [-0.2, 0) is 17.8 Å². The maximum atomic E-state index is 12.4. The molecule has 0 radical (unpaired) electrons. The van der Waals surface area contributed by atoms with Crippen LogP contribution in [0.15, 0.2) is 48.5 Å². The van der Waals surface area contributed by atoms with Crippen LogP contribution in [0.2, 0.25) is 0 Å². The number of methoxy groups -OCH3 is 1. The summed E-state index contributed by atoms with van der Waals surface area (Å²) in [5, 5.41) is 10.3. The minimum atomic E-state index is -0.160. The number of aromatic nitrogens is 2. The predicted octanol–water partition coefficient (Wildman–Crippen LogP) is 3.72. The van der Waals surface area contributed by atoms with Gasteiger partial charge in [0.25, 0.3) is 0 Å². The first-order valence-electron chi connectivity index (χ1n) is 11.4. The van der Waals surface area contributed by atoms with Crippen LogP contribution in [0.3, 0.4) is 0 Å². The minimum Gasteiger partial charge on any atom is -0.496 e. The number of nitrogens with one attached hydrogen (secondary N) is 2. The Morgan fingerprint density at radius 3 is 2.79 bits per heavy atom. The fourth-order valence-electron chi connectivity index (χ4n) is 4.37. The number of fused-ring (bicyclic) bond motifs is 1. The van der Waals surface area contributed by atoms with E-state index in [0.29, 0.717) is 25.9 Å². The largest absolute Gasteiger partial charge is 0.496 e. The number of rotatable bonds is 8. The number of H-pyrrole nitrogens is 1. The van der Waals surface area contributed by atoms with Crippen molar-refractivity contribution in [2.24, 2.45) is 0 Å². The molecule has 3 aromatic rings. The number of hydrogen-bond acceptors (Lipinski definition) is 5. The zero-order chi connectivity index (χ0) is 23.2. The second-order valence-corrected chi connectivity index (χ2v) is 8.45. The van der Waals surface area contributed by atoms with Crippen molar-refractivity contribution in [1.29, 1.82) is 0 Å². The van der Waals surface area contributed by atoms with Gasteiger partial charge < -0.3 is 14.8 Å². The van der Waals surface area contributed by atoms with Crippen molar-refractivity contribution in [3.05, 3.63) is 76.6 Å². The van der Waals surface area contributed by atoms with Crippen molar-refractivity contribution < 1.29 is 14.3 Å². The number of aryl methyl sites for hydroxylation is 2. The van der Waals surface area contributed by atoms with Crippen LogP contribution in [0.25, 0.3) is 0 Å². The van der Waals surface area contributed by atoms with E-state index in [4.69, 9.17) is 9.47 Å². The molecule has 2 heterocycles. The fourth-order valence-corrected chi connectivity index (χ4v) is 4.37. The number of carbonyl (C=O) groups is 1. The Bertz CT molecular complexity index is 1080. The maximum Gasteiger partial charge on any atom is 0.220 e. The van der Waals surface area contributed by atoms with Gasteiger partial charge in [0.2, 0.25) is 5.91 Å². The molecule has 1 amide bonds. The molecule has 0 fully saturated rings. The van der Waals surface area contributed by atoms with E-state index in [-0.39, 0.29) is 12.0 Å². The van der Waals surface area contributed by atoms with Gasteiger partial charge in [-0.1, -0.05) is 36.4 Å². The van der Waals surface area contributed by atoms with Crippen LogP contribution in [0, 0.1) is 13.8 Å². The van der Waals surface area contributed by atoms with Crippen molar-refractivity contribution in [2.45, 2.75) is 39.3 Å². The Hall–Kier alpha value is -3.32. The van der Waals surface area contributed by atoms with Crippen molar-refractivity contribution in [3.63, 3.8) is 0 Å². The molecule has 0 aliphatic carbocycles. The molecule has 7 nitrogen and oxygen atoms in total. The number of ether oxygens (including phenoxy) is 2. The highest BCUT2D eigenvalue weighted by molar-refractivity contribution is 5.76. The van der Waals surface area contributed by atoms with Crippen molar-refractivity contribution >= 4 is 5.91 Å². The molecule has 0 bridgehead atoms. The lowest BCUT2D eigenvalue weighted by Gasteiger charge is -2.25. The summed E-state index contributed by atoms with van der Waals surface area (Å²) in [5.41, 5.74) is 5.30. The van der Waals surface area contributed by atoms with E-state index < -0.39 is 0 Å². The van der Waals surface area contributed by atoms with Gasteiger partial charge in [0.05, 0.1) is 12.8 Å². The quantitative estimate of drug-likeness (QED) is 0.549. The highest BCUT2D eigenvalue weighted by Crippen LogP contribution is 2.34. The zero-order valence-electron chi connectivity index (χ0n) is 19.6. The topological polar surface area (TPSA) is 79.5 Å². The molecule has 0 saturated heterocycles. The van der Waals surface area contributed by atoms with Gasteiger partial charge in [-0.05, 0) is 38.0 Å². The summed E-state index contributed by atoms with van der Waals surface area (Å²) in [5.74, 6) is 1.77. The molecule has 7 heteroatoms. The number of hydrogen-bond donors (Lipinski definition) is 2. The number of amides is 1. The first-order valence-corrected chi connectivity index (χ1v) is 11.4. The summed E-state index contributed by atoms with van der Waals surface area (Å²) in [6.07, 6.45) is 0.991. The smallest absolute Gasteiger partial charge is 0.220 e. The van der Waals surface area contributed by atoms with Crippen LogP contribution in [-0.4, -0.2) is 47.7 Å². The number of para-hydroxylation sites is 2. The molecular weight excluding hydrogens is 416 g/mol. The van der Waals surface area contributed by atoms with Crippen LogP contribution >= 0.6 is 0 Å². The van der Waals surface area contributed by atoms with Gasteiger partial charge in [0.15, 0.2) is 0 Å². The number of carbonyl (C=O) groups excluding carboxylic acids is 1. The fraction of sp³-hybridized carbons (Fsp3) is 0.385. The molecule has 0 saturated carbocycles. The summed E-state index contributed by atoms with van der Waals surface area (Å²) >= 11 is 0. The Kier molecular flexibility index (Phi) is 7.29. The maximum absolute atomic E-state index is 12.4. The number of nitrogens with zero attached hydrogens (tertiary/aromatic N) is 2. The molecule has 2 aromatic carbocycles. The molecule has 2 N–H and O–H groups in total. The average molecular weight is 449 g/mol. The summed E-state index contributed by atoms with van der Waals surface area (Å²) in [4.78, 5) is 14.8. The van der Waals surface area contributed by atoms with Crippen LogP contribution < -0.4 is 14.8 Å². The molecule has 1 aliphatic rings. The first kappa shape index (κ1) is 22.9. The van der Waals surface area contributed by atoms with Gasteiger partial charge in [-0.3, -0.25) is 14.8 Å². The average Bonchev–Trinajstić information content (AvgIpc) is 3.03. The van der Waals surface area contributed by atoms with Gasteiger partial charge in [-0.15, -0.1) is 0 Å². The Balaban J connectivity index is 1.38. The Labute approximate surface area is 195 Å². The van der Waals surface area contributed by atoms with E-state index >= 15 is 0 Å². The van der Waals surface area contributed by atoms with Gasteiger partial charge >= 0.3 is 0 Å². The standard InChI is InChI=1S/C26H32N4O3/c1-18-21(19(2)29-28-18)12-13-26(31)27-14-15-30-16-20-8-4-6-10-23(20)33-25(17-30)22-9-5-7-11-24(22)32-3/h4-11,25H,12-17H2,1-3H3,(H,27,31)(H,28,29). The second-order valence-electron chi connectivity index (χ2n) is 8.45. The van der Waals surface area contributed by atoms with E-state index in [1.807, 2.05) is 50.2 Å². The lowest BCUT2D eigenvalue weighted by molar-refractivity contribution is -0.121. The van der Waals surface area contributed by atoms with Crippen LogP contribution in [0.5, 0.6) is 11.5 Å². The number of aromatic amines is 1. The SMILES string of the molecule is COc1ccccc1C1CN(CCNC(=O)CCc2c(C)n[nH]c2C)Cc2ccccc2O1. The van der Waals surface area contributed by atoms with Gasteiger partial charge in [-0.25, -0.2) is 0 Å². The molecule has 0 spiro atoms. The zero-order valence-corrected chi connectivity index (χ0v) is 19.6. The van der Waals surface area contributed by atoms with Gasteiger partial charge in [-0.2, -0.15) is 5.10 Å². The molecule has 174 valence electrons. The third-order valence-corrected chi connectivity index (χ3v) is 6.18. The minimum absolute atomic E-state index is 0.0581. The van der Waals surface area contributed by atoms with Gasteiger partial charge in [0.1, 0.15) is 17.6 Å².